The lowest BCUT2D eigenvalue weighted by Crippen LogP contribution is -2.53. The van der Waals surface area contributed by atoms with Crippen molar-refractivity contribution in [2.24, 2.45) is 0 Å². The summed E-state index contributed by atoms with van der Waals surface area (Å²) in [5.74, 6) is -0.218. The van der Waals surface area contributed by atoms with Gasteiger partial charge in [-0.25, -0.2) is 4.79 Å². The van der Waals surface area contributed by atoms with Gasteiger partial charge in [0.1, 0.15) is 17.1 Å². The summed E-state index contributed by atoms with van der Waals surface area (Å²) in [6, 6.07) is 17.5. The van der Waals surface area contributed by atoms with Gasteiger partial charge in [0, 0.05) is 34.2 Å². The summed E-state index contributed by atoms with van der Waals surface area (Å²) in [4.78, 5) is 38.9. The maximum absolute atomic E-state index is 13.1. The van der Waals surface area contributed by atoms with Crippen LogP contribution in [0.5, 0.6) is 5.75 Å². The van der Waals surface area contributed by atoms with Gasteiger partial charge in [-0.15, -0.1) is 0 Å². The number of carbonyl (C=O) groups is 3. The third-order valence-electron chi connectivity index (χ3n) is 5.82. The molecule has 1 N–H and O–H groups in total. The SMILES string of the molecule is O=C1NC(=O)N(Cc2ccco2)C(=O)/C1=C\c1cn(CCCOc2ccc(Cl)cc2)c2ccccc12. The van der Waals surface area contributed by atoms with Crippen molar-refractivity contribution in [3.05, 3.63) is 95.0 Å². The number of furan rings is 1. The molecular weight excluding hydrogens is 482 g/mol. The first-order valence-corrected chi connectivity index (χ1v) is 11.7. The number of ether oxygens (including phenoxy) is 1. The van der Waals surface area contributed by atoms with Crippen molar-refractivity contribution in [3.8, 4) is 5.75 Å². The smallest absolute Gasteiger partial charge is 0.331 e. The first-order valence-electron chi connectivity index (χ1n) is 11.4. The van der Waals surface area contributed by atoms with Gasteiger partial charge in [0.25, 0.3) is 11.8 Å². The van der Waals surface area contributed by atoms with E-state index in [0.29, 0.717) is 29.5 Å². The van der Waals surface area contributed by atoms with Crippen molar-refractivity contribution < 1.29 is 23.5 Å². The van der Waals surface area contributed by atoms with Gasteiger partial charge in [-0.2, -0.15) is 0 Å². The number of imide groups is 2. The van der Waals surface area contributed by atoms with Crippen LogP contribution < -0.4 is 10.1 Å². The van der Waals surface area contributed by atoms with Gasteiger partial charge in [0.2, 0.25) is 0 Å². The van der Waals surface area contributed by atoms with E-state index in [1.165, 1.54) is 12.3 Å². The number of halogens is 1. The van der Waals surface area contributed by atoms with E-state index in [9.17, 15) is 14.4 Å². The predicted octanol–water partition coefficient (Wildman–Crippen LogP) is 5.02. The van der Waals surface area contributed by atoms with E-state index in [0.717, 1.165) is 28.0 Å². The topological polar surface area (TPSA) is 93.8 Å². The van der Waals surface area contributed by atoms with E-state index in [2.05, 4.69) is 9.88 Å². The zero-order valence-electron chi connectivity index (χ0n) is 19.1. The summed E-state index contributed by atoms with van der Waals surface area (Å²) < 4.78 is 13.1. The summed E-state index contributed by atoms with van der Waals surface area (Å²) in [5.41, 5.74) is 1.55. The molecule has 0 saturated carbocycles. The van der Waals surface area contributed by atoms with Crippen LogP contribution in [-0.4, -0.2) is 33.9 Å². The molecule has 8 nitrogen and oxygen atoms in total. The fraction of sp³-hybridized carbons (Fsp3) is 0.148. The zero-order valence-corrected chi connectivity index (χ0v) is 19.9. The quantitative estimate of drug-likeness (QED) is 0.207. The predicted molar refractivity (Wildman–Crippen MR) is 134 cm³/mol. The minimum Gasteiger partial charge on any atom is -0.494 e. The Hall–Kier alpha value is -4.30. The Labute approximate surface area is 211 Å². The van der Waals surface area contributed by atoms with Gasteiger partial charge >= 0.3 is 6.03 Å². The number of barbiturate groups is 1. The molecule has 0 spiro atoms. The second-order valence-electron chi connectivity index (χ2n) is 8.24. The summed E-state index contributed by atoms with van der Waals surface area (Å²) in [6.07, 6.45) is 5.62. The van der Waals surface area contributed by atoms with Crippen LogP contribution in [-0.2, 0) is 22.7 Å². The number of para-hydroxylation sites is 1. The van der Waals surface area contributed by atoms with Crippen LogP contribution in [0, 0.1) is 0 Å². The molecule has 4 aromatic rings. The van der Waals surface area contributed by atoms with E-state index in [4.69, 9.17) is 20.8 Å². The molecule has 1 aliphatic heterocycles. The lowest BCUT2D eigenvalue weighted by Gasteiger charge is -2.25. The van der Waals surface area contributed by atoms with Crippen molar-refractivity contribution >= 4 is 46.4 Å². The fourth-order valence-corrected chi connectivity index (χ4v) is 4.21. The standard InChI is InChI=1S/C27H22ClN3O5/c28-19-8-10-20(11-9-19)35-14-4-12-30-16-18(22-6-1-2-7-24(22)30)15-23-25(32)29-27(34)31(26(23)33)17-21-5-3-13-36-21/h1-3,5-11,13,15-16H,4,12,14,17H2,(H,29,32,34)/b23-15-. The number of benzene rings is 2. The maximum atomic E-state index is 13.1. The number of aromatic nitrogens is 1. The Morgan fingerprint density at radius 2 is 1.81 bits per heavy atom. The molecule has 182 valence electrons. The van der Waals surface area contributed by atoms with E-state index in [-0.39, 0.29) is 12.1 Å². The van der Waals surface area contributed by atoms with Crippen LogP contribution in [0.1, 0.15) is 17.7 Å². The van der Waals surface area contributed by atoms with Gasteiger partial charge in [-0.1, -0.05) is 29.8 Å². The molecule has 1 fully saturated rings. The molecule has 5 rings (SSSR count). The Kier molecular flexibility index (Phi) is 6.60. The molecule has 36 heavy (non-hydrogen) atoms. The number of hydrogen-bond acceptors (Lipinski definition) is 5. The third-order valence-corrected chi connectivity index (χ3v) is 6.08. The highest BCUT2D eigenvalue weighted by molar-refractivity contribution is 6.31. The summed E-state index contributed by atoms with van der Waals surface area (Å²) >= 11 is 5.91. The monoisotopic (exact) mass is 503 g/mol. The number of amides is 4. The second kappa shape index (κ2) is 10.1. The largest absolute Gasteiger partial charge is 0.494 e. The second-order valence-corrected chi connectivity index (χ2v) is 8.68. The van der Waals surface area contributed by atoms with Crippen molar-refractivity contribution in [2.75, 3.05) is 6.61 Å². The van der Waals surface area contributed by atoms with Crippen LogP contribution in [0.4, 0.5) is 4.79 Å². The van der Waals surface area contributed by atoms with Crippen LogP contribution >= 0.6 is 11.6 Å². The van der Waals surface area contributed by atoms with Gasteiger partial charge in [0.05, 0.1) is 19.4 Å². The molecule has 0 radical (unpaired) electrons. The van der Waals surface area contributed by atoms with Crippen LogP contribution in [0.15, 0.2) is 83.1 Å². The Bertz CT molecular complexity index is 1450. The summed E-state index contributed by atoms with van der Waals surface area (Å²) in [7, 11) is 0. The van der Waals surface area contributed by atoms with Gasteiger partial charge in [-0.05, 0) is 55.0 Å². The number of nitrogens with one attached hydrogen (secondary N) is 1. The number of nitrogens with zero attached hydrogens (tertiary/aromatic N) is 2. The highest BCUT2D eigenvalue weighted by Crippen LogP contribution is 2.26. The fourth-order valence-electron chi connectivity index (χ4n) is 4.08. The number of rotatable bonds is 8. The van der Waals surface area contributed by atoms with Crippen molar-refractivity contribution in [1.29, 1.82) is 0 Å². The third kappa shape index (κ3) is 4.89. The van der Waals surface area contributed by atoms with Crippen LogP contribution in [0.2, 0.25) is 5.02 Å². The minimum absolute atomic E-state index is 0.0718. The molecule has 1 saturated heterocycles. The molecule has 0 aliphatic carbocycles. The lowest BCUT2D eigenvalue weighted by molar-refractivity contribution is -0.130. The average Bonchev–Trinajstić information content (AvgIpc) is 3.51. The first kappa shape index (κ1) is 23.4. The average molecular weight is 504 g/mol. The lowest BCUT2D eigenvalue weighted by atomic mass is 10.1. The van der Waals surface area contributed by atoms with E-state index >= 15 is 0 Å². The molecule has 4 amide bonds. The van der Waals surface area contributed by atoms with E-state index < -0.39 is 17.8 Å². The molecular formula is C27H22ClN3O5. The van der Waals surface area contributed by atoms with Crippen molar-refractivity contribution in [1.82, 2.24) is 14.8 Å². The van der Waals surface area contributed by atoms with Gasteiger partial charge in [0.15, 0.2) is 0 Å². The van der Waals surface area contributed by atoms with Gasteiger partial charge in [-0.3, -0.25) is 19.8 Å². The number of carbonyl (C=O) groups excluding carboxylic acids is 3. The van der Waals surface area contributed by atoms with Crippen molar-refractivity contribution in [2.45, 2.75) is 19.5 Å². The Morgan fingerprint density at radius 1 is 1.00 bits per heavy atom. The molecule has 0 unspecified atom stereocenters. The zero-order chi connectivity index (χ0) is 25.1. The molecule has 2 aromatic carbocycles. The number of urea groups is 1. The summed E-state index contributed by atoms with van der Waals surface area (Å²) in [6.45, 7) is 1.10. The highest BCUT2D eigenvalue weighted by atomic mass is 35.5. The van der Waals surface area contributed by atoms with Crippen LogP contribution in [0.3, 0.4) is 0 Å². The Morgan fingerprint density at radius 3 is 2.58 bits per heavy atom. The number of hydrogen-bond donors (Lipinski definition) is 1. The normalized spacial score (nSPS) is 15.1. The maximum Gasteiger partial charge on any atom is 0.331 e. The molecule has 2 aromatic heterocycles. The van der Waals surface area contributed by atoms with E-state index in [1.807, 2.05) is 42.6 Å². The number of aryl methyl sites for hydroxylation is 1. The highest BCUT2D eigenvalue weighted by Gasteiger charge is 2.36. The van der Waals surface area contributed by atoms with Crippen LogP contribution in [0.25, 0.3) is 17.0 Å². The number of fused-ring (bicyclic) bond motifs is 1. The molecule has 3 heterocycles. The molecule has 0 bridgehead atoms. The molecule has 9 heteroatoms. The van der Waals surface area contributed by atoms with Gasteiger partial charge < -0.3 is 13.7 Å². The van der Waals surface area contributed by atoms with Crippen molar-refractivity contribution in [3.63, 3.8) is 0 Å². The summed E-state index contributed by atoms with van der Waals surface area (Å²) in [5, 5.41) is 3.79. The molecule has 1 aliphatic rings. The van der Waals surface area contributed by atoms with E-state index in [1.54, 1.807) is 24.3 Å². The Balaban J connectivity index is 1.36. The molecule has 0 atom stereocenters. The minimum atomic E-state index is -0.776. The first-order chi connectivity index (χ1) is 17.5.